The van der Waals surface area contributed by atoms with Crippen molar-refractivity contribution in [1.29, 1.82) is 5.41 Å². The lowest BCUT2D eigenvalue weighted by molar-refractivity contribution is 0.640. The first kappa shape index (κ1) is 10.5. The van der Waals surface area contributed by atoms with Crippen LogP contribution in [0.3, 0.4) is 0 Å². The van der Waals surface area contributed by atoms with Crippen LogP contribution in [0.15, 0.2) is 24.3 Å². The van der Waals surface area contributed by atoms with Crippen molar-refractivity contribution in [3.05, 3.63) is 29.9 Å². The molecular weight excluding hydrogens is 254 g/mol. The summed E-state index contributed by atoms with van der Waals surface area (Å²) < 4.78 is 3.93. The Bertz CT molecular complexity index is 536. The third-order valence-electron chi connectivity index (χ3n) is 2.54. The topological polar surface area (TPSA) is 33.7 Å². The number of fused-ring (bicyclic) bond motifs is 1. The Balaban J connectivity index is 2.72. The number of alkyl halides is 1. The SMILES string of the molecule is CC(Br)Cn1c(=N)n(C)c2ccccc21. The number of para-hydroxylation sites is 2. The van der Waals surface area contributed by atoms with Gasteiger partial charge in [0.25, 0.3) is 0 Å². The molecule has 0 aliphatic carbocycles. The van der Waals surface area contributed by atoms with E-state index in [1.165, 1.54) is 0 Å². The van der Waals surface area contributed by atoms with Crippen LogP contribution in [0, 0.1) is 5.41 Å². The molecule has 1 heterocycles. The van der Waals surface area contributed by atoms with Crippen LogP contribution in [-0.2, 0) is 13.6 Å². The van der Waals surface area contributed by atoms with Gasteiger partial charge in [-0.3, -0.25) is 5.41 Å². The van der Waals surface area contributed by atoms with Crippen LogP contribution in [0.1, 0.15) is 6.92 Å². The van der Waals surface area contributed by atoms with E-state index in [1.807, 2.05) is 34.4 Å². The van der Waals surface area contributed by atoms with Gasteiger partial charge in [0.2, 0.25) is 5.62 Å². The molecule has 15 heavy (non-hydrogen) atoms. The summed E-state index contributed by atoms with van der Waals surface area (Å²) in [6, 6.07) is 8.12. The van der Waals surface area contributed by atoms with Crippen LogP contribution in [0.25, 0.3) is 11.0 Å². The minimum atomic E-state index is 0.373. The Morgan fingerprint density at radius 3 is 2.53 bits per heavy atom. The Kier molecular flexibility index (Phi) is 2.69. The monoisotopic (exact) mass is 267 g/mol. The zero-order chi connectivity index (χ0) is 11.0. The van der Waals surface area contributed by atoms with Crippen molar-refractivity contribution in [1.82, 2.24) is 9.13 Å². The number of rotatable bonds is 2. The molecule has 80 valence electrons. The molecule has 2 rings (SSSR count). The average Bonchev–Trinajstić information content (AvgIpc) is 2.44. The third kappa shape index (κ3) is 1.74. The molecule has 0 amide bonds. The molecule has 1 aromatic carbocycles. The Morgan fingerprint density at radius 2 is 1.93 bits per heavy atom. The number of hydrogen-bond acceptors (Lipinski definition) is 1. The maximum Gasteiger partial charge on any atom is 0.202 e. The summed E-state index contributed by atoms with van der Waals surface area (Å²) in [6.45, 7) is 2.91. The second-order valence-corrected chi connectivity index (χ2v) is 5.33. The zero-order valence-electron chi connectivity index (χ0n) is 8.87. The second kappa shape index (κ2) is 3.85. The molecule has 0 saturated carbocycles. The molecule has 0 saturated heterocycles. The summed E-state index contributed by atoms with van der Waals surface area (Å²) in [6.07, 6.45) is 0. The maximum atomic E-state index is 8.02. The van der Waals surface area contributed by atoms with Crippen LogP contribution >= 0.6 is 15.9 Å². The fraction of sp³-hybridized carbons (Fsp3) is 0.364. The van der Waals surface area contributed by atoms with Gasteiger partial charge in [-0.25, -0.2) is 0 Å². The van der Waals surface area contributed by atoms with Gasteiger partial charge in [-0.1, -0.05) is 35.0 Å². The van der Waals surface area contributed by atoms with Gasteiger partial charge in [-0.15, -0.1) is 0 Å². The van der Waals surface area contributed by atoms with Crippen molar-refractivity contribution < 1.29 is 0 Å². The van der Waals surface area contributed by atoms with Gasteiger partial charge in [0, 0.05) is 18.4 Å². The van der Waals surface area contributed by atoms with E-state index in [0.717, 1.165) is 17.6 Å². The summed E-state index contributed by atoms with van der Waals surface area (Å²) >= 11 is 3.53. The van der Waals surface area contributed by atoms with E-state index in [-0.39, 0.29) is 0 Å². The van der Waals surface area contributed by atoms with Crippen molar-refractivity contribution >= 4 is 27.0 Å². The zero-order valence-corrected chi connectivity index (χ0v) is 10.5. The second-order valence-electron chi connectivity index (χ2n) is 3.76. The molecule has 4 heteroatoms. The van der Waals surface area contributed by atoms with E-state index < -0.39 is 0 Å². The smallest absolute Gasteiger partial charge is 0.202 e. The van der Waals surface area contributed by atoms with E-state index in [4.69, 9.17) is 5.41 Å². The highest BCUT2D eigenvalue weighted by Crippen LogP contribution is 2.13. The van der Waals surface area contributed by atoms with Crippen molar-refractivity contribution in [3.8, 4) is 0 Å². The highest BCUT2D eigenvalue weighted by atomic mass is 79.9. The lowest BCUT2D eigenvalue weighted by atomic mass is 10.3. The summed E-state index contributed by atoms with van der Waals surface area (Å²) in [4.78, 5) is 0.373. The summed E-state index contributed by atoms with van der Waals surface area (Å²) in [5, 5.41) is 8.02. The molecular formula is C11H14BrN3. The normalized spacial score (nSPS) is 13.3. The highest BCUT2D eigenvalue weighted by molar-refractivity contribution is 9.09. The number of nitrogens with zero attached hydrogens (tertiary/aromatic N) is 2. The number of aromatic nitrogens is 2. The number of halogens is 1. The molecule has 0 aliphatic heterocycles. The molecule has 0 radical (unpaired) electrons. The van der Waals surface area contributed by atoms with Gasteiger partial charge in [-0.2, -0.15) is 0 Å². The van der Waals surface area contributed by atoms with E-state index in [0.29, 0.717) is 10.4 Å². The van der Waals surface area contributed by atoms with Crippen molar-refractivity contribution in [3.63, 3.8) is 0 Å². The number of hydrogen-bond donors (Lipinski definition) is 1. The number of benzene rings is 1. The predicted molar refractivity (Wildman–Crippen MR) is 65.2 cm³/mol. The van der Waals surface area contributed by atoms with Gasteiger partial charge in [0.05, 0.1) is 11.0 Å². The number of aryl methyl sites for hydroxylation is 1. The summed E-state index contributed by atoms with van der Waals surface area (Å²) in [7, 11) is 1.93. The van der Waals surface area contributed by atoms with Crippen LogP contribution in [0.2, 0.25) is 0 Å². The number of nitrogens with one attached hydrogen (secondary N) is 1. The van der Waals surface area contributed by atoms with E-state index in [9.17, 15) is 0 Å². The van der Waals surface area contributed by atoms with Crippen molar-refractivity contribution in [2.24, 2.45) is 7.05 Å². The van der Waals surface area contributed by atoms with Crippen LogP contribution < -0.4 is 5.62 Å². The molecule has 1 atom stereocenters. The predicted octanol–water partition coefficient (Wildman–Crippen LogP) is 2.24. The van der Waals surface area contributed by atoms with Gasteiger partial charge in [0.1, 0.15) is 0 Å². The molecule has 2 aromatic rings. The standard InChI is InChI=1S/C11H14BrN3/c1-8(12)7-15-10-6-4-3-5-9(10)14(2)11(15)13/h3-6,8,13H,7H2,1-2H3. The maximum absolute atomic E-state index is 8.02. The average molecular weight is 268 g/mol. The lowest BCUT2D eigenvalue weighted by Crippen LogP contribution is -2.24. The molecule has 3 nitrogen and oxygen atoms in total. The molecule has 0 spiro atoms. The molecule has 0 aliphatic rings. The third-order valence-corrected chi connectivity index (χ3v) is 2.83. The Labute approximate surface area is 97.0 Å². The van der Waals surface area contributed by atoms with Gasteiger partial charge in [-0.05, 0) is 12.1 Å². The van der Waals surface area contributed by atoms with Gasteiger partial charge in [0.15, 0.2) is 0 Å². The fourth-order valence-electron chi connectivity index (χ4n) is 1.82. The minimum absolute atomic E-state index is 0.373. The van der Waals surface area contributed by atoms with E-state index in [1.54, 1.807) is 0 Å². The first-order valence-electron chi connectivity index (χ1n) is 4.94. The van der Waals surface area contributed by atoms with Crippen LogP contribution in [-0.4, -0.2) is 14.0 Å². The van der Waals surface area contributed by atoms with Gasteiger partial charge >= 0.3 is 0 Å². The molecule has 1 N–H and O–H groups in total. The molecule has 0 fully saturated rings. The van der Waals surface area contributed by atoms with Gasteiger partial charge < -0.3 is 9.13 Å². The van der Waals surface area contributed by atoms with Crippen molar-refractivity contribution in [2.75, 3.05) is 0 Å². The molecule has 1 aromatic heterocycles. The number of imidazole rings is 1. The minimum Gasteiger partial charge on any atom is -0.313 e. The quantitative estimate of drug-likeness (QED) is 0.810. The van der Waals surface area contributed by atoms with Crippen LogP contribution in [0.4, 0.5) is 0 Å². The summed E-state index contributed by atoms with van der Waals surface area (Å²) in [5.41, 5.74) is 2.77. The highest BCUT2D eigenvalue weighted by Gasteiger charge is 2.08. The van der Waals surface area contributed by atoms with E-state index in [2.05, 4.69) is 28.9 Å². The largest absolute Gasteiger partial charge is 0.313 e. The van der Waals surface area contributed by atoms with E-state index >= 15 is 0 Å². The van der Waals surface area contributed by atoms with Crippen molar-refractivity contribution in [2.45, 2.75) is 18.3 Å². The first-order chi connectivity index (χ1) is 7.11. The summed E-state index contributed by atoms with van der Waals surface area (Å²) in [5.74, 6) is 0. The lowest BCUT2D eigenvalue weighted by Gasteiger charge is -2.05. The fourth-order valence-corrected chi connectivity index (χ4v) is 2.11. The Hall–Kier alpha value is -1.03. The molecule has 1 unspecified atom stereocenters. The van der Waals surface area contributed by atoms with Crippen LogP contribution in [0.5, 0.6) is 0 Å². The Morgan fingerprint density at radius 1 is 1.33 bits per heavy atom. The molecule has 0 bridgehead atoms. The first-order valence-corrected chi connectivity index (χ1v) is 5.85.